The van der Waals surface area contributed by atoms with Crippen LogP contribution in [-0.4, -0.2) is 45.4 Å². The fourth-order valence-corrected chi connectivity index (χ4v) is 4.08. The third kappa shape index (κ3) is 5.69. The normalized spacial score (nSPS) is 11.8. The highest BCUT2D eigenvalue weighted by Gasteiger charge is 2.17. The second-order valence-corrected chi connectivity index (χ2v) is 8.17. The number of thioether (sulfide) groups is 1. The minimum absolute atomic E-state index is 0.190. The Morgan fingerprint density at radius 1 is 0.875 bits per heavy atom. The standard InChI is InChI=1S/C25H25N3O3S/c1-30-22-12-14-23(15-13-22)31-17-21(29)18-32-25-27-26-24(16-19-8-4-2-5-9-19)28(25)20-10-6-3-7-11-20/h2-15,21,29H,16-18H2,1H3. The SMILES string of the molecule is COc1ccc(OCC(O)CSc2nnc(Cc3ccccc3)n2-c2ccccc2)cc1. The maximum atomic E-state index is 10.4. The van der Waals surface area contributed by atoms with E-state index in [-0.39, 0.29) is 6.61 Å². The molecular weight excluding hydrogens is 422 g/mol. The van der Waals surface area contributed by atoms with E-state index in [9.17, 15) is 5.11 Å². The van der Waals surface area contributed by atoms with Crippen LogP contribution in [0.3, 0.4) is 0 Å². The molecule has 4 aromatic rings. The lowest BCUT2D eigenvalue weighted by Gasteiger charge is -2.13. The second kappa shape index (κ2) is 10.8. The zero-order chi connectivity index (χ0) is 22.2. The molecule has 0 amide bonds. The Labute approximate surface area is 191 Å². The van der Waals surface area contributed by atoms with E-state index in [4.69, 9.17) is 9.47 Å². The van der Waals surface area contributed by atoms with E-state index in [1.807, 2.05) is 72.8 Å². The van der Waals surface area contributed by atoms with Gasteiger partial charge in [0.15, 0.2) is 5.16 Å². The molecule has 1 unspecified atom stereocenters. The van der Waals surface area contributed by atoms with Crippen molar-refractivity contribution in [2.24, 2.45) is 0 Å². The highest BCUT2D eigenvalue weighted by molar-refractivity contribution is 7.99. The van der Waals surface area contributed by atoms with Gasteiger partial charge in [0.1, 0.15) is 23.9 Å². The summed E-state index contributed by atoms with van der Waals surface area (Å²) >= 11 is 1.46. The predicted octanol–water partition coefficient (Wildman–Crippen LogP) is 4.40. The summed E-state index contributed by atoms with van der Waals surface area (Å²) in [7, 11) is 1.62. The number of aliphatic hydroxyl groups excluding tert-OH is 1. The zero-order valence-electron chi connectivity index (χ0n) is 17.8. The van der Waals surface area contributed by atoms with Crippen LogP contribution >= 0.6 is 11.8 Å². The van der Waals surface area contributed by atoms with Crippen LogP contribution in [0.25, 0.3) is 5.69 Å². The molecule has 6 nitrogen and oxygen atoms in total. The number of para-hydroxylation sites is 1. The van der Waals surface area contributed by atoms with Crippen LogP contribution in [0.15, 0.2) is 90.1 Å². The predicted molar refractivity (Wildman–Crippen MR) is 126 cm³/mol. The van der Waals surface area contributed by atoms with Crippen LogP contribution in [0.2, 0.25) is 0 Å². The average Bonchev–Trinajstić information content (AvgIpc) is 3.25. The first-order valence-corrected chi connectivity index (χ1v) is 11.3. The molecule has 1 N–H and O–H groups in total. The second-order valence-electron chi connectivity index (χ2n) is 7.18. The first-order chi connectivity index (χ1) is 15.7. The van der Waals surface area contributed by atoms with E-state index in [1.165, 1.54) is 17.3 Å². The number of methoxy groups -OCH3 is 1. The molecule has 3 aromatic carbocycles. The fraction of sp³-hybridized carbons (Fsp3) is 0.200. The van der Waals surface area contributed by atoms with Crippen LogP contribution in [0.4, 0.5) is 0 Å². The van der Waals surface area contributed by atoms with E-state index in [0.29, 0.717) is 17.9 Å². The van der Waals surface area contributed by atoms with E-state index in [1.54, 1.807) is 7.11 Å². The summed E-state index contributed by atoms with van der Waals surface area (Å²) in [5.74, 6) is 2.74. The van der Waals surface area contributed by atoms with Gasteiger partial charge in [-0.3, -0.25) is 4.57 Å². The molecule has 0 saturated carbocycles. The van der Waals surface area contributed by atoms with Crippen LogP contribution in [0, 0.1) is 0 Å². The zero-order valence-corrected chi connectivity index (χ0v) is 18.6. The number of benzene rings is 3. The molecule has 0 spiro atoms. The minimum atomic E-state index is -0.652. The van der Waals surface area contributed by atoms with Gasteiger partial charge >= 0.3 is 0 Å². The number of aromatic nitrogens is 3. The largest absolute Gasteiger partial charge is 0.497 e. The lowest BCUT2D eigenvalue weighted by Crippen LogP contribution is -2.20. The average molecular weight is 448 g/mol. The Bertz CT molecular complexity index is 1100. The lowest BCUT2D eigenvalue weighted by molar-refractivity contribution is 0.126. The van der Waals surface area contributed by atoms with Gasteiger partial charge in [0, 0.05) is 17.9 Å². The summed E-state index contributed by atoms with van der Waals surface area (Å²) in [5.41, 5.74) is 2.16. The summed E-state index contributed by atoms with van der Waals surface area (Å²) in [4.78, 5) is 0. The van der Waals surface area contributed by atoms with Gasteiger partial charge in [0.05, 0.1) is 13.2 Å². The monoisotopic (exact) mass is 447 g/mol. The van der Waals surface area contributed by atoms with Crippen LogP contribution in [0.1, 0.15) is 11.4 Å². The lowest BCUT2D eigenvalue weighted by atomic mass is 10.1. The Morgan fingerprint density at radius 2 is 1.53 bits per heavy atom. The molecule has 0 aliphatic carbocycles. The molecule has 164 valence electrons. The van der Waals surface area contributed by atoms with Gasteiger partial charge in [-0.1, -0.05) is 60.3 Å². The van der Waals surface area contributed by atoms with Crippen molar-refractivity contribution < 1.29 is 14.6 Å². The number of rotatable bonds is 10. The Balaban J connectivity index is 1.43. The van der Waals surface area contributed by atoms with Crippen molar-refractivity contribution in [3.05, 3.63) is 96.3 Å². The summed E-state index contributed by atoms with van der Waals surface area (Å²) in [6.07, 6.45) is 0.0208. The molecule has 7 heteroatoms. The molecule has 1 heterocycles. The maximum absolute atomic E-state index is 10.4. The third-order valence-corrected chi connectivity index (χ3v) is 5.90. The van der Waals surface area contributed by atoms with Crippen molar-refractivity contribution in [1.82, 2.24) is 14.8 Å². The van der Waals surface area contributed by atoms with E-state index in [0.717, 1.165) is 22.4 Å². The van der Waals surface area contributed by atoms with Crippen molar-refractivity contribution >= 4 is 11.8 Å². The summed E-state index contributed by atoms with van der Waals surface area (Å²) in [6.45, 7) is 0.190. The van der Waals surface area contributed by atoms with E-state index >= 15 is 0 Å². The number of nitrogens with zero attached hydrogens (tertiary/aromatic N) is 3. The summed E-state index contributed by atoms with van der Waals surface area (Å²) < 4.78 is 12.9. The van der Waals surface area contributed by atoms with E-state index in [2.05, 4.69) is 26.9 Å². The minimum Gasteiger partial charge on any atom is -0.497 e. The van der Waals surface area contributed by atoms with Gasteiger partial charge in [-0.05, 0) is 42.0 Å². The molecule has 0 aliphatic heterocycles. The van der Waals surface area contributed by atoms with Gasteiger partial charge in [-0.25, -0.2) is 0 Å². The van der Waals surface area contributed by atoms with Gasteiger partial charge in [0.2, 0.25) is 0 Å². The Kier molecular flexibility index (Phi) is 7.42. The first kappa shape index (κ1) is 21.9. The molecule has 32 heavy (non-hydrogen) atoms. The molecule has 1 aromatic heterocycles. The molecule has 4 rings (SSSR count). The topological polar surface area (TPSA) is 69.4 Å². The van der Waals surface area contributed by atoms with Crippen molar-refractivity contribution in [3.63, 3.8) is 0 Å². The van der Waals surface area contributed by atoms with Gasteiger partial charge < -0.3 is 14.6 Å². The van der Waals surface area contributed by atoms with Crippen LogP contribution in [0.5, 0.6) is 11.5 Å². The van der Waals surface area contributed by atoms with Crippen molar-refractivity contribution in [1.29, 1.82) is 0 Å². The molecule has 0 saturated heterocycles. The molecule has 0 aliphatic rings. The molecule has 0 fully saturated rings. The van der Waals surface area contributed by atoms with E-state index < -0.39 is 6.10 Å². The molecular formula is C25H25N3O3S. The molecule has 0 radical (unpaired) electrons. The maximum Gasteiger partial charge on any atom is 0.195 e. The summed E-state index contributed by atoms with van der Waals surface area (Å²) in [5, 5.41) is 20.0. The first-order valence-electron chi connectivity index (χ1n) is 10.3. The Hall–Kier alpha value is -3.29. The summed E-state index contributed by atoms with van der Waals surface area (Å²) in [6, 6.07) is 27.5. The molecule has 0 bridgehead atoms. The van der Waals surface area contributed by atoms with Gasteiger partial charge in [-0.2, -0.15) is 0 Å². The van der Waals surface area contributed by atoms with Crippen molar-refractivity contribution in [2.45, 2.75) is 17.7 Å². The van der Waals surface area contributed by atoms with Crippen LogP contribution < -0.4 is 9.47 Å². The van der Waals surface area contributed by atoms with Crippen molar-refractivity contribution in [3.8, 4) is 17.2 Å². The van der Waals surface area contributed by atoms with Crippen molar-refractivity contribution in [2.75, 3.05) is 19.5 Å². The van der Waals surface area contributed by atoms with Gasteiger partial charge in [-0.15, -0.1) is 10.2 Å². The number of hydrogen-bond donors (Lipinski definition) is 1. The highest BCUT2D eigenvalue weighted by Crippen LogP contribution is 2.24. The smallest absolute Gasteiger partial charge is 0.195 e. The Morgan fingerprint density at radius 3 is 2.22 bits per heavy atom. The fourth-order valence-electron chi connectivity index (χ4n) is 3.21. The third-order valence-electron chi connectivity index (χ3n) is 4.83. The number of hydrogen-bond acceptors (Lipinski definition) is 6. The quantitative estimate of drug-likeness (QED) is 0.364. The number of aliphatic hydroxyl groups is 1. The van der Waals surface area contributed by atoms with Gasteiger partial charge in [0.25, 0.3) is 0 Å². The highest BCUT2D eigenvalue weighted by atomic mass is 32.2. The number of ether oxygens (including phenoxy) is 2. The molecule has 1 atom stereocenters. The van der Waals surface area contributed by atoms with Crippen LogP contribution in [-0.2, 0) is 6.42 Å².